The lowest BCUT2D eigenvalue weighted by atomic mass is 10.3. The number of hydrogen-bond donors (Lipinski definition) is 3. The third-order valence-electron chi connectivity index (χ3n) is 2.90. The zero-order valence-electron chi connectivity index (χ0n) is 11.4. The Morgan fingerprint density at radius 2 is 2.35 bits per heavy atom. The molecule has 8 nitrogen and oxygen atoms in total. The maximum absolute atomic E-state index is 12.2. The molecule has 1 aromatic rings. The average Bonchev–Trinajstić information content (AvgIpc) is 2.93. The molecule has 0 saturated carbocycles. The Morgan fingerprint density at radius 3 is 3.05 bits per heavy atom. The van der Waals surface area contributed by atoms with Crippen LogP contribution in [-0.2, 0) is 26.0 Å². The molecule has 1 atom stereocenters. The molecule has 114 valence electrons. The van der Waals surface area contributed by atoms with E-state index in [0.717, 1.165) is 6.54 Å². The second-order valence-electron chi connectivity index (χ2n) is 4.42. The zero-order chi connectivity index (χ0) is 14.4. The second kappa shape index (κ2) is 7.14. The Bertz CT molecular complexity index is 510. The van der Waals surface area contributed by atoms with Crippen LogP contribution in [0.1, 0.15) is 12.5 Å². The summed E-state index contributed by atoms with van der Waals surface area (Å²) in [4.78, 5) is 0. The van der Waals surface area contributed by atoms with Gasteiger partial charge in [-0.1, -0.05) is 6.92 Å². The van der Waals surface area contributed by atoms with Gasteiger partial charge in [0, 0.05) is 18.7 Å². The van der Waals surface area contributed by atoms with Gasteiger partial charge in [-0.05, 0) is 6.54 Å². The SMILES string of the molecule is CCNCc1cn[nH]c1S(=O)(=O)NCC1COCCO1. The summed E-state index contributed by atoms with van der Waals surface area (Å²) in [5, 5.41) is 9.49. The molecule has 1 aliphatic rings. The van der Waals surface area contributed by atoms with Crippen molar-refractivity contribution in [1.29, 1.82) is 0 Å². The molecular weight excluding hydrogens is 284 g/mol. The van der Waals surface area contributed by atoms with Crippen LogP contribution in [0.4, 0.5) is 0 Å². The smallest absolute Gasteiger partial charge is 0.257 e. The van der Waals surface area contributed by atoms with Gasteiger partial charge in [0.05, 0.1) is 32.1 Å². The van der Waals surface area contributed by atoms with E-state index in [4.69, 9.17) is 9.47 Å². The fraction of sp³-hybridized carbons (Fsp3) is 0.727. The first kappa shape index (κ1) is 15.4. The van der Waals surface area contributed by atoms with Crippen LogP contribution >= 0.6 is 0 Å². The predicted molar refractivity (Wildman–Crippen MR) is 71.7 cm³/mol. The predicted octanol–water partition coefficient (Wildman–Crippen LogP) is -0.787. The largest absolute Gasteiger partial charge is 0.376 e. The van der Waals surface area contributed by atoms with E-state index >= 15 is 0 Å². The van der Waals surface area contributed by atoms with Crippen molar-refractivity contribution in [2.75, 3.05) is 32.9 Å². The molecule has 1 saturated heterocycles. The molecule has 1 aromatic heterocycles. The molecule has 0 aromatic carbocycles. The maximum Gasteiger partial charge on any atom is 0.257 e. The van der Waals surface area contributed by atoms with Gasteiger partial charge < -0.3 is 14.8 Å². The van der Waals surface area contributed by atoms with E-state index in [1.807, 2.05) is 6.92 Å². The molecule has 1 aliphatic heterocycles. The van der Waals surface area contributed by atoms with Crippen molar-refractivity contribution < 1.29 is 17.9 Å². The van der Waals surface area contributed by atoms with Crippen LogP contribution in [0, 0.1) is 0 Å². The Hall–Kier alpha value is -1.00. The summed E-state index contributed by atoms with van der Waals surface area (Å²) in [5.74, 6) is 0. The summed E-state index contributed by atoms with van der Waals surface area (Å²) in [6, 6.07) is 0. The molecule has 0 radical (unpaired) electrons. The van der Waals surface area contributed by atoms with Crippen LogP contribution < -0.4 is 10.0 Å². The average molecular weight is 304 g/mol. The summed E-state index contributed by atoms with van der Waals surface area (Å²) in [7, 11) is -3.62. The van der Waals surface area contributed by atoms with Gasteiger partial charge in [0.1, 0.15) is 0 Å². The van der Waals surface area contributed by atoms with Gasteiger partial charge in [-0.3, -0.25) is 5.10 Å². The molecule has 2 rings (SSSR count). The summed E-state index contributed by atoms with van der Waals surface area (Å²) >= 11 is 0. The Balaban J connectivity index is 1.97. The number of hydrogen-bond acceptors (Lipinski definition) is 6. The monoisotopic (exact) mass is 304 g/mol. The van der Waals surface area contributed by atoms with Crippen LogP contribution in [0.3, 0.4) is 0 Å². The van der Waals surface area contributed by atoms with Crippen LogP contribution in [0.2, 0.25) is 0 Å². The summed E-state index contributed by atoms with van der Waals surface area (Å²) in [6.45, 7) is 4.78. The summed E-state index contributed by atoms with van der Waals surface area (Å²) in [5.41, 5.74) is 0.611. The Morgan fingerprint density at radius 1 is 1.50 bits per heavy atom. The maximum atomic E-state index is 12.2. The normalized spacial score (nSPS) is 20.1. The van der Waals surface area contributed by atoms with Gasteiger partial charge in [0.25, 0.3) is 10.0 Å². The van der Waals surface area contributed by atoms with E-state index in [-0.39, 0.29) is 17.7 Å². The van der Waals surface area contributed by atoms with Crippen molar-refractivity contribution in [1.82, 2.24) is 20.2 Å². The van der Waals surface area contributed by atoms with Gasteiger partial charge >= 0.3 is 0 Å². The first-order valence-electron chi connectivity index (χ1n) is 6.55. The van der Waals surface area contributed by atoms with Crippen molar-refractivity contribution in [2.24, 2.45) is 0 Å². The highest BCUT2D eigenvalue weighted by Gasteiger charge is 2.23. The van der Waals surface area contributed by atoms with Gasteiger partial charge in [-0.25, -0.2) is 13.1 Å². The van der Waals surface area contributed by atoms with E-state index < -0.39 is 10.0 Å². The van der Waals surface area contributed by atoms with Gasteiger partial charge in [0.2, 0.25) is 0 Å². The van der Waals surface area contributed by atoms with E-state index in [9.17, 15) is 8.42 Å². The molecule has 20 heavy (non-hydrogen) atoms. The first-order chi connectivity index (χ1) is 9.63. The van der Waals surface area contributed by atoms with Crippen molar-refractivity contribution in [3.8, 4) is 0 Å². The first-order valence-corrected chi connectivity index (χ1v) is 8.03. The fourth-order valence-corrected chi connectivity index (χ4v) is 3.04. The van der Waals surface area contributed by atoms with Gasteiger partial charge in [-0.15, -0.1) is 0 Å². The molecule has 1 unspecified atom stereocenters. The van der Waals surface area contributed by atoms with Crippen molar-refractivity contribution >= 4 is 10.0 Å². The van der Waals surface area contributed by atoms with Crippen molar-refractivity contribution in [3.05, 3.63) is 11.8 Å². The Kier molecular flexibility index (Phi) is 5.49. The van der Waals surface area contributed by atoms with Crippen LogP contribution in [0.5, 0.6) is 0 Å². The highest BCUT2D eigenvalue weighted by atomic mass is 32.2. The highest BCUT2D eigenvalue weighted by molar-refractivity contribution is 7.89. The Labute approximate surface area is 118 Å². The number of sulfonamides is 1. The minimum Gasteiger partial charge on any atom is -0.376 e. The standard InChI is InChI=1S/C11H20N4O4S/c1-2-12-5-9-6-13-15-11(9)20(16,17)14-7-10-8-18-3-4-19-10/h6,10,12,14H,2-5,7-8H2,1H3,(H,13,15). The van der Waals surface area contributed by atoms with Gasteiger partial charge in [-0.2, -0.15) is 5.10 Å². The number of aromatic nitrogens is 2. The van der Waals surface area contributed by atoms with Crippen molar-refractivity contribution in [2.45, 2.75) is 24.6 Å². The minimum atomic E-state index is -3.62. The minimum absolute atomic E-state index is 0.0928. The molecule has 0 spiro atoms. The number of H-pyrrole nitrogens is 1. The molecule has 0 aliphatic carbocycles. The second-order valence-corrected chi connectivity index (χ2v) is 6.13. The molecule has 2 heterocycles. The molecule has 0 amide bonds. The number of rotatable bonds is 7. The van der Waals surface area contributed by atoms with Gasteiger partial charge in [0.15, 0.2) is 5.03 Å². The van der Waals surface area contributed by atoms with Crippen LogP contribution in [-0.4, -0.2) is 57.6 Å². The fourth-order valence-electron chi connectivity index (χ4n) is 1.85. The molecule has 0 bridgehead atoms. The lowest BCUT2D eigenvalue weighted by Crippen LogP contribution is -2.40. The van der Waals surface area contributed by atoms with E-state index in [2.05, 4.69) is 20.2 Å². The van der Waals surface area contributed by atoms with E-state index in [1.165, 1.54) is 6.20 Å². The molecular formula is C11H20N4O4S. The summed E-state index contributed by atoms with van der Waals surface area (Å²) in [6.07, 6.45) is 1.26. The van der Waals surface area contributed by atoms with Crippen LogP contribution in [0.25, 0.3) is 0 Å². The highest BCUT2D eigenvalue weighted by Crippen LogP contribution is 2.11. The van der Waals surface area contributed by atoms with E-state index in [1.54, 1.807) is 0 Å². The lowest BCUT2D eigenvalue weighted by molar-refractivity contribution is -0.0847. The van der Waals surface area contributed by atoms with Crippen LogP contribution in [0.15, 0.2) is 11.2 Å². The molecule has 3 N–H and O–H groups in total. The van der Waals surface area contributed by atoms with Crippen molar-refractivity contribution in [3.63, 3.8) is 0 Å². The number of aromatic amines is 1. The number of nitrogens with one attached hydrogen (secondary N) is 3. The topological polar surface area (TPSA) is 105 Å². The number of nitrogens with zero attached hydrogens (tertiary/aromatic N) is 1. The molecule has 1 fully saturated rings. The third-order valence-corrected chi connectivity index (χ3v) is 4.34. The third kappa shape index (κ3) is 4.00. The lowest BCUT2D eigenvalue weighted by Gasteiger charge is -2.22. The quantitative estimate of drug-likeness (QED) is 0.610. The summed E-state index contributed by atoms with van der Waals surface area (Å²) < 4.78 is 37.6. The number of ether oxygens (including phenoxy) is 2. The molecule has 9 heteroatoms. The van der Waals surface area contributed by atoms with E-state index in [0.29, 0.717) is 31.9 Å². The zero-order valence-corrected chi connectivity index (χ0v) is 12.2.